The lowest BCUT2D eigenvalue weighted by molar-refractivity contribution is 0.178. The first-order chi connectivity index (χ1) is 7.69. The van der Waals surface area contributed by atoms with Gasteiger partial charge in [0.1, 0.15) is 5.82 Å². The van der Waals surface area contributed by atoms with E-state index in [4.69, 9.17) is 10.5 Å². The van der Waals surface area contributed by atoms with Crippen LogP contribution in [0.5, 0.6) is 0 Å². The SMILES string of the molecule is CN(c1ccccc1F)C1(CN)CCOC1. The number of nitrogens with two attached hydrogens (primary N) is 1. The second kappa shape index (κ2) is 4.39. The Balaban J connectivity index is 2.30. The highest BCUT2D eigenvalue weighted by molar-refractivity contribution is 5.50. The van der Waals surface area contributed by atoms with Crippen LogP contribution in [0.2, 0.25) is 0 Å². The van der Waals surface area contributed by atoms with E-state index in [-0.39, 0.29) is 11.4 Å². The highest BCUT2D eigenvalue weighted by Crippen LogP contribution is 2.30. The Morgan fingerprint density at radius 2 is 2.25 bits per heavy atom. The molecule has 4 heteroatoms. The molecule has 3 nitrogen and oxygen atoms in total. The highest BCUT2D eigenvalue weighted by atomic mass is 19.1. The molecule has 0 radical (unpaired) electrons. The maximum absolute atomic E-state index is 13.7. The molecule has 0 aliphatic carbocycles. The monoisotopic (exact) mass is 224 g/mol. The zero-order chi connectivity index (χ0) is 11.6. The molecule has 0 amide bonds. The van der Waals surface area contributed by atoms with Crippen LogP contribution in [0.3, 0.4) is 0 Å². The third-order valence-electron chi connectivity index (χ3n) is 3.39. The summed E-state index contributed by atoms with van der Waals surface area (Å²) in [5, 5.41) is 0. The molecule has 0 spiro atoms. The van der Waals surface area contributed by atoms with Crippen molar-refractivity contribution in [2.24, 2.45) is 5.73 Å². The molecule has 16 heavy (non-hydrogen) atoms. The molecule has 1 aromatic rings. The predicted octanol–water partition coefficient (Wildman–Crippen LogP) is 1.38. The fourth-order valence-corrected chi connectivity index (χ4v) is 2.14. The summed E-state index contributed by atoms with van der Waals surface area (Å²) in [6.45, 7) is 1.72. The zero-order valence-corrected chi connectivity index (χ0v) is 9.45. The largest absolute Gasteiger partial charge is 0.379 e. The van der Waals surface area contributed by atoms with Crippen LogP contribution in [0.15, 0.2) is 24.3 Å². The summed E-state index contributed by atoms with van der Waals surface area (Å²) >= 11 is 0. The normalized spacial score (nSPS) is 24.7. The number of benzene rings is 1. The molecule has 1 saturated heterocycles. The fraction of sp³-hybridized carbons (Fsp3) is 0.500. The summed E-state index contributed by atoms with van der Waals surface area (Å²) in [6, 6.07) is 6.75. The summed E-state index contributed by atoms with van der Waals surface area (Å²) in [4.78, 5) is 1.91. The Hall–Kier alpha value is -1.13. The van der Waals surface area contributed by atoms with Crippen LogP contribution in [0.25, 0.3) is 0 Å². The van der Waals surface area contributed by atoms with Crippen molar-refractivity contribution in [1.29, 1.82) is 0 Å². The van der Waals surface area contributed by atoms with Gasteiger partial charge in [0.15, 0.2) is 0 Å². The number of rotatable bonds is 3. The smallest absolute Gasteiger partial charge is 0.146 e. The lowest BCUT2D eigenvalue weighted by atomic mass is 9.96. The molecule has 1 aromatic carbocycles. The minimum Gasteiger partial charge on any atom is -0.379 e. The number of hydrogen-bond acceptors (Lipinski definition) is 3. The van der Waals surface area contributed by atoms with Crippen molar-refractivity contribution >= 4 is 5.69 Å². The van der Waals surface area contributed by atoms with Gasteiger partial charge in [0.05, 0.1) is 17.8 Å². The molecule has 1 aliphatic rings. The molecular formula is C12H17FN2O. The van der Waals surface area contributed by atoms with E-state index in [0.717, 1.165) is 6.42 Å². The molecule has 1 unspecified atom stereocenters. The quantitative estimate of drug-likeness (QED) is 0.843. The first-order valence-corrected chi connectivity index (χ1v) is 5.46. The van der Waals surface area contributed by atoms with Crippen molar-refractivity contribution in [3.8, 4) is 0 Å². The molecule has 1 heterocycles. The van der Waals surface area contributed by atoms with E-state index < -0.39 is 0 Å². The molecule has 2 N–H and O–H groups in total. The maximum atomic E-state index is 13.7. The molecule has 0 aromatic heterocycles. The van der Waals surface area contributed by atoms with Gasteiger partial charge >= 0.3 is 0 Å². The minimum absolute atomic E-state index is 0.218. The summed E-state index contributed by atoms with van der Waals surface area (Å²) < 4.78 is 19.1. The molecule has 0 bridgehead atoms. The Morgan fingerprint density at radius 3 is 2.81 bits per heavy atom. The van der Waals surface area contributed by atoms with Gasteiger partial charge in [-0.15, -0.1) is 0 Å². The summed E-state index contributed by atoms with van der Waals surface area (Å²) in [6.07, 6.45) is 0.842. The fourth-order valence-electron chi connectivity index (χ4n) is 2.14. The van der Waals surface area contributed by atoms with Gasteiger partial charge in [-0.2, -0.15) is 0 Å². The number of halogens is 1. The van der Waals surface area contributed by atoms with E-state index in [2.05, 4.69) is 0 Å². The van der Waals surface area contributed by atoms with Crippen molar-refractivity contribution in [1.82, 2.24) is 0 Å². The zero-order valence-electron chi connectivity index (χ0n) is 9.45. The van der Waals surface area contributed by atoms with Gasteiger partial charge in [0.2, 0.25) is 0 Å². The molecule has 1 fully saturated rings. The van der Waals surface area contributed by atoms with E-state index in [1.165, 1.54) is 6.07 Å². The molecule has 2 rings (SSSR count). The van der Waals surface area contributed by atoms with E-state index in [1.54, 1.807) is 12.1 Å². The Labute approximate surface area is 95.0 Å². The van der Waals surface area contributed by atoms with Crippen molar-refractivity contribution in [2.75, 3.05) is 31.7 Å². The van der Waals surface area contributed by atoms with Crippen molar-refractivity contribution < 1.29 is 9.13 Å². The Kier molecular flexibility index (Phi) is 3.12. The molecule has 1 atom stereocenters. The van der Waals surface area contributed by atoms with Crippen LogP contribution >= 0.6 is 0 Å². The van der Waals surface area contributed by atoms with Gasteiger partial charge in [-0.3, -0.25) is 0 Å². The second-order valence-electron chi connectivity index (χ2n) is 4.24. The standard InChI is InChI=1S/C12H17FN2O/c1-15(11-5-3-2-4-10(11)13)12(8-14)6-7-16-9-12/h2-5H,6-9,14H2,1H3. The minimum atomic E-state index is -0.262. The van der Waals surface area contributed by atoms with Crippen LogP contribution in [0.1, 0.15) is 6.42 Å². The van der Waals surface area contributed by atoms with Crippen LogP contribution in [0.4, 0.5) is 10.1 Å². The average Bonchev–Trinajstić information content (AvgIpc) is 2.78. The van der Waals surface area contributed by atoms with Gasteiger partial charge in [-0.05, 0) is 18.6 Å². The molecular weight excluding hydrogens is 207 g/mol. The van der Waals surface area contributed by atoms with Crippen LogP contribution in [-0.4, -0.2) is 32.3 Å². The lowest BCUT2D eigenvalue weighted by Gasteiger charge is -2.38. The summed E-state index contributed by atoms with van der Waals surface area (Å²) in [5.74, 6) is -0.218. The van der Waals surface area contributed by atoms with E-state index in [1.807, 2.05) is 18.0 Å². The highest BCUT2D eigenvalue weighted by Gasteiger charge is 2.38. The molecule has 88 valence electrons. The average molecular weight is 224 g/mol. The maximum Gasteiger partial charge on any atom is 0.146 e. The number of anilines is 1. The Morgan fingerprint density at radius 1 is 1.50 bits per heavy atom. The van der Waals surface area contributed by atoms with Gasteiger partial charge < -0.3 is 15.4 Å². The van der Waals surface area contributed by atoms with Crippen molar-refractivity contribution in [3.05, 3.63) is 30.1 Å². The third-order valence-corrected chi connectivity index (χ3v) is 3.39. The predicted molar refractivity (Wildman–Crippen MR) is 62.0 cm³/mol. The first-order valence-electron chi connectivity index (χ1n) is 5.46. The first kappa shape index (κ1) is 11.4. The van der Waals surface area contributed by atoms with Gasteiger partial charge in [-0.25, -0.2) is 4.39 Å². The van der Waals surface area contributed by atoms with Crippen molar-refractivity contribution in [3.63, 3.8) is 0 Å². The summed E-state index contributed by atoms with van der Waals surface area (Å²) in [7, 11) is 1.87. The second-order valence-corrected chi connectivity index (χ2v) is 4.24. The number of hydrogen-bond donors (Lipinski definition) is 1. The topological polar surface area (TPSA) is 38.5 Å². The Bertz CT molecular complexity index is 364. The van der Waals surface area contributed by atoms with Crippen molar-refractivity contribution in [2.45, 2.75) is 12.0 Å². The van der Waals surface area contributed by atoms with Gasteiger partial charge in [-0.1, -0.05) is 12.1 Å². The number of likely N-dealkylation sites (N-methyl/N-ethyl adjacent to an activating group) is 1. The van der Waals surface area contributed by atoms with Gasteiger partial charge in [0, 0.05) is 20.2 Å². The van der Waals surface area contributed by atoms with Gasteiger partial charge in [0.25, 0.3) is 0 Å². The van der Waals surface area contributed by atoms with Crippen LogP contribution in [0, 0.1) is 5.82 Å². The van der Waals surface area contributed by atoms with Crippen LogP contribution in [-0.2, 0) is 4.74 Å². The lowest BCUT2D eigenvalue weighted by Crippen LogP contribution is -2.53. The van der Waals surface area contributed by atoms with E-state index in [9.17, 15) is 4.39 Å². The third kappa shape index (κ3) is 1.79. The van der Waals surface area contributed by atoms with Crippen LogP contribution < -0.4 is 10.6 Å². The number of ether oxygens (including phenoxy) is 1. The van der Waals surface area contributed by atoms with E-state index in [0.29, 0.717) is 25.4 Å². The summed E-state index contributed by atoms with van der Waals surface area (Å²) in [5.41, 5.74) is 6.13. The molecule has 1 aliphatic heterocycles. The van der Waals surface area contributed by atoms with E-state index >= 15 is 0 Å². The number of nitrogens with zero attached hydrogens (tertiary/aromatic N) is 1. The number of para-hydroxylation sites is 1. The molecule has 0 saturated carbocycles.